The van der Waals surface area contributed by atoms with Crippen molar-refractivity contribution < 1.29 is 14.3 Å². The number of carbonyl (C=O) groups is 1. The standard InChI is InChI=1S/C16H22N2O3S/c1-11-12-6-4-5-7-13(12)21-14(11)8-17-15(19)18-9-16(2,20)10-22-3/h4-7,20H,8-10H2,1-3H3,(H2,17,18,19). The third kappa shape index (κ3) is 4.18. The molecule has 2 aromatic rings. The molecule has 0 saturated carbocycles. The van der Waals surface area contributed by atoms with E-state index in [1.54, 1.807) is 6.92 Å². The van der Waals surface area contributed by atoms with E-state index in [1.807, 2.05) is 37.4 Å². The van der Waals surface area contributed by atoms with Gasteiger partial charge >= 0.3 is 6.03 Å². The van der Waals surface area contributed by atoms with E-state index in [4.69, 9.17) is 4.42 Å². The lowest BCUT2D eigenvalue weighted by atomic mass is 10.1. The molecule has 1 unspecified atom stereocenters. The maximum absolute atomic E-state index is 11.8. The zero-order valence-electron chi connectivity index (χ0n) is 13.1. The number of nitrogens with one attached hydrogen (secondary N) is 2. The molecule has 1 aromatic heterocycles. The van der Waals surface area contributed by atoms with Gasteiger partial charge in [0.25, 0.3) is 0 Å². The van der Waals surface area contributed by atoms with E-state index < -0.39 is 5.60 Å². The summed E-state index contributed by atoms with van der Waals surface area (Å²) < 4.78 is 5.74. The second-order valence-electron chi connectivity index (χ2n) is 5.61. The summed E-state index contributed by atoms with van der Waals surface area (Å²) in [5.41, 5.74) is 0.942. The molecule has 0 fully saturated rings. The van der Waals surface area contributed by atoms with Gasteiger partial charge in [-0.2, -0.15) is 11.8 Å². The van der Waals surface area contributed by atoms with E-state index in [2.05, 4.69) is 10.6 Å². The first-order chi connectivity index (χ1) is 10.4. The molecule has 0 bridgehead atoms. The molecular weight excluding hydrogens is 300 g/mol. The Morgan fingerprint density at radius 2 is 2.09 bits per heavy atom. The lowest BCUT2D eigenvalue weighted by Gasteiger charge is -2.22. The van der Waals surface area contributed by atoms with E-state index >= 15 is 0 Å². The highest BCUT2D eigenvalue weighted by molar-refractivity contribution is 7.98. The van der Waals surface area contributed by atoms with Crippen molar-refractivity contribution in [3.63, 3.8) is 0 Å². The van der Waals surface area contributed by atoms with Crippen LogP contribution in [0.5, 0.6) is 0 Å². The summed E-state index contributed by atoms with van der Waals surface area (Å²) in [6.45, 7) is 4.20. The van der Waals surface area contributed by atoms with E-state index in [0.717, 1.165) is 22.3 Å². The van der Waals surface area contributed by atoms with Crippen LogP contribution >= 0.6 is 11.8 Å². The molecule has 22 heavy (non-hydrogen) atoms. The van der Waals surface area contributed by atoms with Gasteiger partial charge < -0.3 is 20.2 Å². The van der Waals surface area contributed by atoms with Crippen molar-refractivity contribution in [1.82, 2.24) is 10.6 Å². The van der Waals surface area contributed by atoms with E-state index in [-0.39, 0.29) is 12.6 Å². The largest absolute Gasteiger partial charge is 0.459 e. The minimum absolute atomic E-state index is 0.207. The van der Waals surface area contributed by atoms with Crippen molar-refractivity contribution in [2.45, 2.75) is 26.0 Å². The van der Waals surface area contributed by atoms with Crippen LogP contribution in [-0.4, -0.2) is 35.3 Å². The third-order valence-electron chi connectivity index (χ3n) is 3.44. The van der Waals surface area contributed by atoms with E-state index in [0.29, 0.717) is 12.3 Å². The summed E-state index contributed by atoms with van der Waals surface area (Å²) in [6, 6.07) is 7.47. The topological polar surface area (TPSA) is 74.5 Å². The van der Waals surface area contributed by atoms with Crippen LogP contribution in [0.1, 0.15) is 18.2 Å². The Kier molecular flexibility index (Phi) is 5.37. The molecule has 0 saturated heterocycles. The van der Waals surface area contributed by atoms with Crippen molar-refractivity contribution >= 4 is 28.8 Å². The lowest BCUT2D eigenvalue weighted by molar-refractivity contribution is 0.0869. The number of aliphatic hydroxyl groups is 1. The molecule has 2 amide bonds. The summed E-state index contributed by atoms with van der Waals surface area (Å²) in [6.07, 6.45) is 1.92. The zero-order valence-corrected chi connectivity index (χ0v) is 13.9. The van der Waals surface area contributed by atoms with Crippen molar-refractivity contribution in [2.75, 3.05) is 18.6 Å². The van der Waals surface area contributed by atoms with Crippen LogP contribution in [0, 0.1) is 6.92 Å². The minimum atomic E-state index is -0.911. The number of amides is 2. The molecule has 0 aliphatic rings. The number of furan rings is 1. The third-order valence-corrected chi connectivity index (χ3v) is 4.35. The van der Waals surface area contributed by atoms with E-state index in [1.165, 1.54) is 11.8 Å². The second-order valence-corrected chi connectivity index (χ2v) is 6.48. The minimum Gasteiger partial charge on any atom is -0.459 e. The molecule has 0 spiro atoms. The highest BCUT2D eigenvalue weighted by Gasteiger charge is 2.20. The van der Waals surface area contributed by atoms with Gasteiger partial charge in [0.15, 0.2) is 0 Å². The molecule has 2 rings (SSSR count). The molecule has 0 aliphatic heterocycles. The molecule has 120 valence electrons. The van der Waals surface area contributed by atoms with Gasteiger partial charge in [-0.05, 0) is 26.2 Å². The first-order valence-electron chi connectivity index (χ1n) is 7.13. The Morgan fingerprint density at radius 3 is 2.77 bits per heavy atom. The molecule has 5 nitrogen and oxygen atoms in total. The molecule has 1 heterocycles. The van der Waals surface area contributed by atoms with Gasteiger partial charge in [0, 0.05) is 23.2 Å². The predicted octanol–water partition coefficient (Wildman–Crippen LogP) is 2.65. The smallest absolute Gasteiger partial charge is 0.315 e. The molecule has 6 heteroatoms. The molecular formula is C16H22N2O3S. The van der Waals surface area contributed by atoms with Crippen molar-refractivity contribution in [1.29, 1.82) is 0 Å². The molecule has 0 radical (unpaired) electrons. The van der Waals surface area contributed by atoms with Crippen molar-refractivity contribution in [3.8, 4) is 0 Å². The Labute approximate surface area is 134 Å². The molecule has 0 aliphatic carbocycles. The monoisotopic (exact) mass is 322 g/mol. The molecule has 1 aromatic carbocycles. The van der Waals surface area contributed by atoms with Gasteiger partial charge in [-0.25, -0.2) is 4.79 Å². The number of para-hydroxylation sites is 1. The van der Waals surface area contributed by atoms with Gasteiger partial charge in [-0.3, -0.25) is 0 Å². The SMILES string of the molecule is CSCC(C)(O)CNC(=O)NCc1oc2ccccc2c1C. The number of rotatable bonds is 6. The van der Waals surface area contributed by atoms with Crippen LogP contribution in [0.25, 0.3) is 11.0 Å². The van der Waals surface area contributed by atoms with Crippen LogP contribution in [0.3, 0.4) is 0 Å². The Hall–Kier alpha value is -1.66. The average Bonchev–Trinajstić information content (AvgIpc) is 2.80. The van der Waals surface area contributed by atoms with Gasteiger partial charge in [-0.1, -0.05) is 18.2 Å². The second kappa shape index (κ2) is 7.07. The maximum Gasteiger partial charge on any atom is 0.315 e. The Balaban J connectivity index is 1.89. The fourth-order valence-corrected chi connectivity index (χ4v) is 2.97. The number of benzene rings is 1. The zero-order chi connectivity index (χ0) is 16.2. The van der Waals surface area contributed by atoms with Crippen LogP contribution in [0.4, 0.5) is 4.79 Å². The number of thioether (sulfide) groups is 1. The lowest BCUT2D eigenvalue weighted by Crippen LogP contribution is -2.45. The van der Waals surface area contributed by atoms with Crippen LogP contribution < -0.4 is 10.6 Å². The first-order valence-corrected chi connectivity index (χ1v) is 8.52. The maximum atomic E-state index is 11.8. The number of fused-ring (bicyclic) bond motifs is 1. The summed E-state index contributed by atoms with van der Waals surface area (Å²) in [4.78, 5) is 11.8. The number of urea groups is 1. The van der Waals surface area contributed by atoms with Crippen molar-refractivity contribution in [2.24, 2.45) is 0 Å². The fraction of sp³-hybridized carbons (Fsp3) is 0.438. The first kappa shape index (κ1) is 16.7. The number of aryl methyl sites for hydroxylation is 1. The van der Waals surface area contributed by atoms with Gasteiger partial charge in [0.1, 0.15) is 11.3 Å². The Bertz CT molecular complexity index is 652. The predicted molar refractivity (Wildman–Crippen MR) is 90.2 cm³/mol. The fourth-order valence-electron chi connectivity index (χ4n) is 2.25. The summed E-state index contributed by atoms with van der Waals surface area (Å²) in [5.74, 6) is 1.31. The molecule has 3 N–H and O–H groups in total. The number of hydrogen-bond acceptors (Lipinski definition) is 4. The highest BCUT2D eigenvalue weighted by Crippen LogP contribution is 2.24. The van der Waals surface area contributed by atoms with Crippen molar-refractivity contribution in [3.05, 3.63) is 35.6 Å². The summed E-state index contributed by atoms with van der Waals surface area (Å²) in [7, 11) is 0. The van der Waals surface area contributed by atoms with Crippen LogP contribution in [-0.2, 0) is 6.54 Å². The summed E-state index contributed by atoms with van der Waals surface area (Å²) >= 11 is 1.54. The quantitative estimate of drug-likeness (QED) is 0.764. The van der Waals surface area contributed by atoms with Gasteiger partial charge in [0.05, 0.1) is 12.1 Å². The normalized spacial score (nSPS) is 13.8. The highest BCUT2D eigenvalue weighted by atomic mass is 32.2. The van der Waals surface area contributed by atoms with Gasteiger partial charge in [-0.15, -0.1) is 0 Å². The Morgan fingerprint density at radius 1 is 1.36 bits per heavy atom. The van der Waals surface area contributed by atoms with Crippen LogP contribution in [0.2, 0.25) is 0 Å². The molecule has 1 atom stereocenters. The average molecular weight is 322 g/mol. The van der Waals surface area contributed by atoms with E-state index in [9.17, 15) is 9.90 Å². The number of hydrogen-bond donors (Lipinski definition) is 3. The van der Waals surface area contributed by atoms with Gasteiger partial charge in [0.2, 0.25) is 0 Å². The summed E-state index contributed by atoms with van der Waals surface area (Å²) in [5, 5.41) is 16.5. The number of carbonyl (C=O) groups excluding carboxylic acids is 1. The van der Waals surface area contributed by atoms with Crippen LogP contribution in [0.15, 0.2) is 28.7 Å².